The summed E-state index contributed by atoms with van der Waals surface area (Å²) < 4.78 is 6.53. The molecular weight excluding hydrogens is 294 g/mol. The molecule has 1 saturated heterocycles. The van der Waals surface area contributed by atoms with Crippen LogP contribution < -0.4 is 0 Å². The molecule has 1 heterocycles. The van der Waals surface area contributed by atoms with E-state index in [1.165, 1.54) is 0 Å². The van der Waals surface area contributed by atoms with Crippen LogP contribution in [0.2, 0.25) is 0 Å². The van der Waals surface area contributed by atoms with Crippen LogP contribution >= 0.6 is 15.9 Å². The molecule has 0 saturated carbocycles. The predicted octanol–water partition coefficient (Wildman–Crippen LogP) is 2.74. The Labute approximate surface area is 116 Å². The SMILES string of the molecule is CC1CN(CC(=O)c2ccccc2Br)CC(C)O1. The fourth-order valence-corrected chi connectivity index (χ4v) is 2.89. The summed E-state index contributed by atoms with van der Waals surface area (Å²) in [6.45, 7) is 6.19. The van der Waals surface area contributed by atoms with Crippen LogP contribution in [0.15, 0.2) is 28.7 Å². The zero-order valence-corrected chi connectivity index (χ0v) is 12.3. The maximum absolute atomic E-state index is 12.2. The van der Waals surface area contributed by atoms with E-state index in [4.69, 9.17) is 4.74 Å². The lowest BCUT2D eigenvalue weighted by Crippen LogP contribution is -2.47. The fourth-order valence-electron chi connectivity index (χ4n) is 2.39. The quantitative estimate of drug-likeness (QED) is 0.804. The number of hydrogen-bond acceptors (Lipinski definition) is 3. The molecule has 1 aromatic carbocycles. The maximum Gasteiger partial charge on any atom is 0.177 e. The Bertz CT molecular complexity index is 426. The van der Waals surface area contributed by atoms with Crippen molar-refractivity contribution in [2.75, 3.05) is 19.6 Å². The molecule has 0 aromatic heterocycles. The predicted molar refractivity (Wildman–Crippen MR) is 74.9 cm³/mol. The molecule has 0 spiro atoms. The molecule has 0 bridgehead atoms. The third-order valence-corrected chi connectivity index (χ3v) is 3.73. The lowest BCUT2D eigenvalue weighted by molar-refractivity contribution is -0.0652. The molecule has 1 aromatic rings. The summed E-state index contributed by atoms with van der Waals surface area (Å²) in [4.78, 5) is 14.4. The Balaban J connectivity index is 2.01. The van der Waals surface area contributed by atoms with E-state index >= 15 is 0 Å². The zero-order valence-electron chi connectivity index (χ0n) is 10.7. The van der Waals surface area contributed by atoms with Crippen LogP contribution in [-0.4, -0.2) is 42.5 Å². The van der Waals surface area contributed by atoms with Crippen molar-refractivity contribution in [3.05, 3.63) is 34.3 Å². The third-order valence-electron chi connectivity index (χ3n) is 3.04. The van der Waals surface area contributed by atoms with Gasteiger partial charge in [-0.15, -0.1) is 0 Å². The Hall–Kier alpha value is -0.710. The highest BCUT2D eigenvalue weighted by Crippen LogP contribution is 2.18. The molecule has 0 aliphatic carbocycles. The van der Waals surface area contributed by atoms with Crippen LogP contribution in [0.5, 0.6) is 0 Å². The molecule has 0 amide bonds. The Kier molecular flexibility index (Phi) is 4.54. The minimum atomic E-state index is 0.156. The number of ether oxygens (including phenoxy) is 1. The van der Waals surface area contributed by atoms with Gasteiger partial charge < -0.3 is 4.74 Å². The average Bonchev–Trinajstić information content (AvgIpc) is 2.27. The van der Waals surface area contributed by atoms with Crippen LogP contribution in [-0.2, 0) is 4.74 Å². The van der Waals surface area contributed by atoms with Gasteiger partial charge in [-0.3, -0.25) is 9.69 Å². The summed E-state index contributed by atoms with van der Waals surface area (Å²) in [5.74, 6) is 0.156. The monoisotopic (exact) mass is 311 g/mol. The molecule has 3 nitrogen and oxygen atoms in total. The number of morpholine rings is 1. The first kappa shape index (κ1) is 13.7. The van der Waals surface area contributed by atoms with Crippen molar-refractivity contribution in [3.8, 4) is 0 Å². The topological polar surface area (TPSA) is 29.5 Å². The highest BCUT2D eigenvalue weighted by molar-refractivity contribution is 9.10. The first-order chi connectivity index (χ1) is 8.56. The number of Topliss-reactive ketones (excluding diaryl/α,β-unsaturated/α-hetero) is 1. The summed E-state index contributed by atoms with van der Waals surface area (Å²) in [5, 5.41) is 0. The van der Waals surface area contributed by atoms with E-state index in [9.17, 15) is 4.79 Å². The summed E-state index contributed by atoms with van der Waals surface area (Å²) in [5.41, 5.74) is 0.754. The lowest BCUT2D eigenvalue weighted by atomic mass is 10.1. The van der Waals surface area contributed by atoms with E-state index in [-0.39, 0.29) is 18.0 Å². The van der Waals surface area contributed by atoms with E-state index in [1.807, 2.05) is 38.1 Å². The molecule has 2 rings (SSSR count). The number of benzene rings is 1. The fraction of sp³-hybridized carbons (Fsp3) is 0.500. The van der Waals surface area contributed by atoms with Gasteiger partial charge in [-0.1, -0.05) is 34.1 Å². The van der Waals surface area contributed by atoms with Gasteiger partial charge in [0.25, 0.3) is 0 Å². The molecule has 98 valence electrons. The van der Waals surface area contributed by atoms with Gasteiger partial charge in [0.15, 0.2) is 5.78 Å². The van der Waals surface area contributed by atoms with Crippen molar-refractivity contribution in [3.63, 3.8) is 0 Å². The standard InChI is InChI=1S/C14H18BrNO2/c1-10-7-16(8-11(2)18-10)9-14(17)12-5-3-4-6-13(12)15/h3-6,10-11H,7-9H2,1-2H3. The normalized spacial score (nSPS) is 25.1. The van der Waals surface area contributed by atoms with Gasteiger partial charge in [0.05, 0.1) is 18.8 Å². The van der Waals surface area contributed by atoms with Crippen LogP contribution in [0, 0.1) is 0 Å². The van der Waals surface area contributed by atoms with E-state index in [0.29, 0.717) is 6.54 Å². The molecule has 18 heavy (non-hydrogen) atoms. The van der Waals surface area contributed by atoms with Crippen molar-refractivity contribution in [2.24, 2.45) is 0 Å². The van der Waals surface area contributed by atoms with Gasteiger partial charge >= 0.3 is 0 Å². The van der Waals surface area contributed by atoms with Gasteiger partial charge in [-0.25, -0.2) is 0 Å². The average molecular weight is 312 g/mol. The second kappa shape index (κ2) is 5.95. The Morgan fingerprint density at radius 3 is 2.56 bits per heavy atom. The van der Waals surface area contributed by atoms with Crippen molar-refractivity contribution >= 4 is 21.7 Å². The van der Waals surface area contributed by atoms with Gasteiger partial charge in [0.1, 0.15) is 0 Å². The Morgan fingerprint density at radius 2 is 1.94 bits per heavy atom. The van der Waals surface area contributed by atoms with E-state index in [2.05, 4.69) is 20.8 Å². The molecule has 0 radical (unpaired) electrons. The molecule has 2 unspecified atom stereocenters. The first-order valence-corrected chi connectivity index (χ1v) is 7.01. The Morgan fingerprint density at radius 1 is 1.33 bits per heavy atom. The van der Waals surface area contributed by atoms with Gasteiger partial charge in [0.2, 0.25) is 0 Å². The second-order valence-electron chi connectivity index (χ2n) is 4.85. The summed E-state index contributed by atoms with van der Waals surface area (Å²) in [6.07, 6.45) is 0.390. The highest BCUT2D eigenvalue weighted by atomic mass is 79.9. The van der Waals surface area contributed by atoms with E-state index in [1.54, 1.807) is 0 Å². The number of ketones is 1. The first-order valence-electron chi connectivity index (χ1n) is 6.22. The van der Waals surface area contributed by atoms with Crippen LogP contribution in [0.4, 0.5) is 0 Å². The molecular formula is C14H18BrNO2. The summed E-state index contributed by atoms with van der Waals surface area (Å²) in [6, 6.07) is 7.57. The van der Waals surface area contributed by atoms with Crippen molar-refractivity contribution in [2.45, 2.75) is 26.1 Å². The van der Waals surface area contributed by atoms with Crippen LogP contribution in [0.1, 0.15) is 24.2 Å². The summed E-state index contributed by atoms with van der Waals surface area (Å²) in [7, 11) is 0. The smallest absolute Gasteiger partial charge is 0.177 e. The van der Waals surface area contributed by atoms with Crippen molar-refractivity contribution in [1.29, 1.82) is 0 Å². The van der Waals surface area contributed by atoms with E-state index < -0.39 is 0 Å². The highest BCUT2D eigenvalue weighted by Gasteiger charge is 2.24. The minimum Gasteiger partial charge on any atom is -0.373 e. The number of carbonyl (C=O) groups is 1. The molecule has 4 heteroatoms. The second-order valence-corrected chi connectivity index (χ2v) is 5.71. The lowest BCUT2D eigenvalue weighted by Gasteiger charge is -2.34. The maximum atomic E-state index is 12.2. The number of halogens is 1. The van der Waals surface area contributed by atoms with Crippen LogP contribution in [0.25, 0.3) is 0 Å². The van der Waals surface area contributed by atoms with Crippen molar-refractivity contribution < 1.29 is 9.53 Å². The van der Waals surface area contributed by atoms with Gasteiger partial charge in [0, 0.05) is 23.1 Å². The number of carbonyl (C=O) groups excluding carboxylic acids is 1. The third kappa shape index (κ3) is 3.40. The van der Waals surface area contributed by atoms with Gasteiger partial charge in [-0.05, 0) is 19.9 Å². The minimum absolute atomic E-state index is 0.156. The molecule has 1 fully saturated rings. The zero-order chi connectivity index (χ0) is 13.1. The summed E-state index contributed by atoms with van der Waals surface area (Å²) >= 11 is 3.42. The van der Waals surface area contributed by atoms with Gasteiger partial charge in [-0.2, -0.15) is 0 Å². The molecule has 1 aliphatic rings. The largest absolute Gasteiger partial charge is 0.373 e. The number of hydrogen-bond donors (Lipinski definition) is 0. The molecule has 1 aliphatic heterocycles. The van der Waals surface area contributed by atoms with E-state index in [0.717, 1.165) is 23.1 Å². The van der Waals surface area contributed by atoms with Crippen molar-refractivity contribution in [1.82, 2.24) is 4.90 Å². The van der Waals surface area contributed by atoms with Crippen LogP contribution in [0.3, 0.4) is 0 Å². The number of nitrogens with zero attached hydrogens (tertiary/aromatic N) is 1. The molecule has 2 atom stereocenters. The molecule has 0 N–H and O–H groups in total. The number of rotatable bonds is 3.